The summed E-state index contributed by atoms with van der Waals surface area (Å²) in [7, 11) is 0. The molecular formula is C17H11BrF2O3. The molecule has 0 aliphatic heterocycles. The molecule has 0 aliphatic rings. The summed E-state index contributed by atoms with van der Waals surface area (Å²) < 4.78 is 31.5. The van der Waals surface area contributed by atoms with Gasteiger partial charge in [-0.25, -0.2) is 13.6 Å². The second kappa shape index (κ2) is 7.78. The van der Waals surface area contributed by atoms with Crippen LogP contribution in [0.1, 0.15) is 15.9 Å². The lowest BCUT2D eigenvalue weighted by Gasteiger charge is -2.02. The summed E-state index contributed by atoms with van der Waals surface area (Å²) >= 11 is 3.30. The lowest BCUT2D eigenvalue weighted by molar-refractivity contribution is -0.136. The van der Waals surface area contributed by atoms with E-state index in [0.717, 1.165) is 28.2 Å². The summed E-state index contributed by atoms with van der Waals surface area (Å²) in [4.78, 5) is 23.3. The Bertz CT molecular complexity index is 772. The predicted molar refractivity (Wildman–Crippen MR) is 84.8 cm³/mol. The summed E-state index contributed by atoms with van der Waals surface area (Å²) in [6, 6.07) is 9.99. The number of Topliss-reactive ketones (excluding diaryl/α,β-unsaturated/α-hetero) is 1. The third-order valence-corrected chi connectivity index (χ3v) is 3.34. The fourth-order valence-corrected chi connectivity index (χ4v) is 2.13. The van der Waals surface area contributed by atoms with Crippen molar-refractivity contribution >= 4 is 33.8 Å². The van der Waals surface area contributed by atoms with Crippen LogP contribution in [0.2, 0.25) is 0 Å². The van der Waals surface area contributed by atoms with Gasteiger partial charge >= 0.3 is 5.97 Å². The zero-order valence-electron chi connectivity index (χ0n) is 11.8. The molecule has 0 unspecified atom stereocenters. The van der Waals surface area contributed by atoms with E-state index in [4.69, 9.17) is 4.74 Å². The predicted octanol–water partition coefficient (Wildman–Crippen LogP) is 4.17. The van der Waals surface area contributed by atoms with Gasteiger partial charge in [-0.1, -0.05) is 28.1 Å². The van der Waals surface area contributed by atoms with Crippen LogP contribution in [0.25, 0.3) is 6.08 Å². The average molecular weight is 381 g/mol. The molecule has 2 aromatic rings. The van der Waals surface area contributed by atoms with Crippen molar-refractivity contribution in [2.45, 2.75) is 0 Å². The molecule has 0 fully saturated rings. The van der Waals surface area contributed by atoms with Crippen LogP contribution < -0.4 is 0 Å². The number of benzene rings is 2. The summed E-state index contributed by atoms with van der Waals surface area (Å²) in [6.45, 7) is -0.549. The molecule has 0 aliphatic carbocycles. The lowest BCUT2D eigenvalue weighted by Crippen LogP contribution is -2.13. The van der Waals surface area contributed by atoms with Crippen molar-refractivity contribution in [2.24, 2.45) is 0 Å². The van der Waals surface area contributed by atoms with Crippen molar-refractivity contribution < 1.29 is 23.1 Å². The van der Waals surface area contributed by atoms with E-state index in [2.05, 4.69) is 15.9 Å². The molecule has 0 radical (unpaired) electrons. The lowest BCUT2D eigenvalue weighted by atomic mass is 10.1. The Kier molecular flexibility index (Phi) is 5.76. The van der Waals surface area contributed by atoms with Crippen molar-refractivity contribution in [3.8, 4) is 0 Å². The van der Waals surface area contributed by atoms with Crippen LogP contribution in [0, 0.1) is 11.6 Å². The van der Waals surface area contributed by atoms with Crippen LogP contribution >= 0.6 is 15.9 Å². The Hall–Kier alpha value is -2.34. The first kappa shape index (κ1) is 17.0. The minimum Gasteiger partial charge on any atom is -0.454 e. The number of esters is 1. The van der Waals surface area contributed by atoms with E-state index in [9.17, 15) is 18.4 Å². The SMILES string of the molecule is O=C(/C=C/c1cccc(Br)c1)OCC(=O)c1ccc(F)c(F)c1. The Morgan fingerprint density at radius 2 is 1.87 bits per heavy atom. The molecule has 23 heavy (non-hydrogen) atoms. The highest BCUT2D eigenvalue weighted by atomic mass is 79.9. The van der Waals surface area contributed by atoms with Crippen LogP contribution in [0.4, 0.5) is 8.78 Å². The van der Waals surface area contributed by atoms with Gasteiger partial charge in [0.2, 0.25) is 0 Å². The second-order valence-electron chi connectivity index (χ2n) is 4.55. The van der Waals surface area contributed by atoms with Gasteiger partial charge in [-0.3, -0.25) is 4.79 Å². The van der Waals surface area contributed by atoms with E-state index in [0.29, 0.717) is 0 Å². The van der Waals surface area contributed by atoms with E-state index < -0.39 is 30.0 Å². The van der Waals surface area contributed by atoms with Gasteiger partial charge in [0, 0.05) is 16.1 Å². The number of ether oxygens (including phenoxy) is 1. The molecular weight excluding hydrogens is 370 g/mol. The first-order chi connectivity index (χ1) is 11.0. The summed E-state index contributed by atoms with van der Waals surface area (Å²) in [6.07, 6.45) is 2.72. The molecule has 0 saturated heterocycles. The smallest absolute Gasteiger partial charge is 0.331 e. The first-order valence-electron chi connectivity index (χ1n) is 6.54. The summed E-state index contributed by atoms with van der Waals surface area (Å²) in [5, 5.41) is 0. The molecule has 0 spiro atoms. The van der Waals surface area contributed by atoms with Gasteiger partial charge in [0.15, 0.2) is 24.0 Å². The molecule has 0 aromatic heterocycles. The van der Waals surface area contributed by atoms with Crippen LogP contribution in [-0.2, 0) is 9.53 Å². The summed E-state index contributed by atoms with van der Waals surface area (Å²) in [5.41, 5.74) is 0.718. The number of carbonyl (C=O) groups excluding carboxylic acids is 2. The molecule has 0 saturated carbocycles. The van der Waals surface area contributed by atoms with Crippen molar-refractivity contribution in [1.82, 2.24) is 0 Å². The number of rotatable bonds is 5. The molecule has 0 atom stereocenters. The van der Waals surface area contributed by atoms with Gasteiger partial charge < -0.3 is 4.74 Å². The van der Waals surface area contributed by atoms with Gasteiger partial charge in [0.05, 0.1) is 0 Å². The summed E-state index contributed by atoms with van der Waals surface area (Å²) in [5.74, 6) is -3.50. The van der Waals surface area contributed by atoms with Crippen LogP contribution in [0.15, 0.2) is 53.0 Å². The molecule has 0 heterocycles. The fourth-order valence-electron chi connectivity index (χ4n) is 1.71. The third kappa shape index (κ3) is 5.10. The molecule has 3 nitrogen and oxygen atoms in total. The maximum atomic E-state index is 13.0. The van der Waals surface area contributed by atoms with Crippen molar-refractivity contribution in [2.75, 3.05) is 6.61 Å². The second-order valence-corrected chi connectivity index (χ2v) is 5.46. The zero-order chi connectivity index (χ0) is 16.8. The standard InChI is InChI=1S/C17H11BrF2O3/c18-13-3-1-2-11(8-13)4-7-17(22)23-10-16(21)12-5-6-14(19)15(20)9-12/h1-9H,10H2/b7-4+. The Morgan fingerprint density at radius 3 is 2.57 bits per heavy atom. The normalized spacial score (nSPS) is 10.7. The van der Waals surface area contributed by atoms with Crippen LogP contribution in [0.5, 0.6) is 0 Å². The highest BCUT2D eigenvalue weighted by Gasteiger charge is 2.11. The number of halogens is 3. The van der Waals surface area contributed by atoms with E-state index in [1.54, 1.807) is 12.1 Å². The van der Waals surface area contributed by atoms with Gasteiger partial charge in [0.1, 0.15) is 0 Å². The van der Waals surface area contributed by atoms with Crippen molar-refractivity contribution in [1.29, 1.82) is 0 Å². The number of ketones is 1. The number of hydrogen-bond donors (Lipinski definition) is 0. The average Bonchev–Trinajstić information content (AvgIpc) is 2.53. The van der Waals surface area contributed by atoms with Gasteiger partial charge in [0.25, 0.3) is 0 Å². The van der Waals surface area contributed by atoms with Crippen LogP contribution in [-0.4, -0.2) is 18.4 Å². The Labute approximate surface area is 139 Å². The third-order valence-electron chi connectivity index (χ3n) is 2.85. The van der Waals surface area contributed by atoms with E-state index >= 15 is 0 Å². The monoisotopic (exact) mass is 380 g/mol. The van der Waals surface area contributed by atoms with Crippen molar-refractivity contribution in [3.05, 3.63) is 75.8 Å². The maximum absolute atomic E-state index is 13.0. The van der Waals surface area contributed by atoms with Crippen LogP contribution in [0.3, 0.4) is 0 Å². The number of carbonyl (C=O) groups is 2. The zero-order valence-corrected chi connectivity index (χ0v) is 13.3. The van der Waals surface area contributed by atoms with Gasteiger partial charge in [-0.2, -0.15) is 0 Å². The topological polar surface area (TPSA) is 43.4 Å². The molecule has 2 rings (SSSR count). The number of hydrogen-bond acceptors (Lipinski definition) is 3. The molecule has 2 aromatic carbocycles. The Morgan fingerprint density at radius 1 is 1.09 bits per heavy atom. The van der Waals surface area contributed by atoms with Gasteiger partial charge in [-0.05, 0) is 42.0 Å². The minimum absolute atomic E-state index is 0.0623. The highest BCUT2D eigenvalue weighted by molar-refractivity contribution is 9.10. The van der Waals surface area contributed by atoms with E-state index in [-0.39, 0.29) is 5.56 Å². The quantitative estimate of drug-likeness (QED) is 0.444. The highest BCUT2D eigenvalue weighted by Crippen LogP contribution is 2.13. The Balaban J connectivity index is 1.91. The first-order valence-corrected chi connectivity index (χ1v) is 7.33. The van der Waals surface area contributed by atoms with Gasteiger partial charge in [-0.15, -0.1) is 0 Å². The maximum Gasteiger partial charge on any atom is 0.331 e. The van der Waals surface area contributed by atoms with E-state index in [1.807, 2.05) is 12.1 Å². The largest absolute Gasteiger partial charge is 0.454 e. The molecule has 0 amide bonds. The molecule has 6 heteroatoms. The molecule has 0 N–H and O–H groups in total. The van der Waals surface area contributed by atoms with Crippen molar-refractivity contribution in [3.63, 3.8) is 0 Å². The minimum atomic E-state index is -1.13. The molecule has 0 bridgehead atoms. The van der Waals surface area contributed by atoms with E-state index in [1.165, 1.54) is 12.2 Å². The molecule has 118 valence electrons. The fraction of sp³-hybridized carbons (Fsp3) is 0.0588.